The molecule has 0 aromatic carbocycles. The van der Waals surface area contributed by atoms with Crippen molar-refractivity contribution in [3.05, 3.63) is 11.8 Å². The van der Waals surface area contributed by atoms with Crippen LogP contribution in [0.25, 0.3) is 0 Å². The number of amides is 1. The van der Waals surface area contributed by atoms with Crippen LogP contribution in [0.5, 0.6) is 0 Å². The van der Waals surface area contributed by atoms with Crippen molar-refractivity contribution in [2.24, 2.45) is 5.41 Å². The molecule has 1 atom stereocenters. The molecular formula is C12H19NO4. The second kappa shape index (κ2) is 4.05. The summed E-state index contributed by atoms with van der Waals surface area (Å²) in [6, 6.07) is 0. The third kappa shape index (κ3) is 2.28. The van der Waals surface area contributed by atoms with Crippen LogP contribution in [-0.4, -0.2) is 36.7 Å². The highest BCUT2D eigenvalue weighted by molar-refractivity contribution is 5.91. The lowest BCUT2D eigenvalue weighted by molar-refractivity contribution is -0.257. The van der Waals surface area contributed by atoms with Crippen LogP contribution in [0.3, 0.4) is 0 Å². The first-order valence-electron chi connectivity index (χ1n) is 5.42. The Hall–Kier alpha value is -1.52. The maximum atomic E-state index is 12.3. The van der Waals surface area contributed by atoms with Gasteiger partial charge in [0.1, 0.15) is 5.76 Å². The van der Waals surface area contributed by atoms with Gasteiger partial charge in [0.2, 0.25) is 0 Å². The summed E-state index contributed by atoms with van der Waals surface area (Å²) in [5.74, 6) is -2.15. The van der Waals surface area contributed by atoms with Gasteiger partial charge in [-0.25, -0.2) is 4.79 Å². The molecule has 0 N–H and O–H groups in total. The number of rotatable bonds is 1. The molecular weight excluding hydrogens is 222 g/mol. The maximum Gasteiger partial charge on any atom is 0.339 e. The molecule has 5 heteroatoms. The van der Waals surface area contributed by atoms with Gasteiger partial charge in [0.15, 0.2) is 0 Å². The number of cyclic esters (lactones) is 1. The predicted molar refractivity (Wildman–Crippen MR) is 61.8 cm³/mol. The van der Waals surface area contributed by atoms with E-state index in [1.165, 1.54) is 11.0 Å². The summed E-state index contributed by atoms with van der Waals surface area (Å²) in [5.41, 5.74) is -0.667. The Morgan fingerprint density at radius 3 is 2.18 bits per heavy atom. The minimum Gasteiger partial charge on any atom is -0.448 e. The van der Waals surface area contributed by atoms with Crippen molar-refractivity contribution in [1.82, 2.24) is 4.90 Å². The quantitative estimate of drug-likeness (QED) is 0.649. The van der Waals surface area contributed by atoms with Crippen LogP contribution in [0, 0.1) is 5.41 Å². The fourth-order valence-corrected chi connectivity index (χ4v) is 1.62. The highest BCUT2D eigenvalue weighted by Gasteiger charge is 2.57. The number of carbonyl (C=O) groups excluding carboxylic acids is 2. The second-order valence-electron chi connectivity index (χ2n) is 5.34. The number of carbonyl (C=O) groups is 2. The minimum absolute atomic E-state index is 0.381. The van der Waals surface area contributed by atoms with Gasteiger partial charge >= 0.3 is 17.7 Å². The summed E-state index contributed by atoms with van der Waals surface area (Å²) >= 11 is 0. The Kier molecular flexibility index (Phi) is 3.23. The van der Waals surface area contributed by atoms with Crippen molar-refractivity contribution in [1.29, 1.82) is 0 Å². The first-order valence-corrected chi connectivity index (χ1v) is 5.42. The van der Waals surface area contributed by atoms with Gasteiger partial charge in [-0.05, 0) is 6.92 Å². The van der Waals surface area contributed by atoms with Gasteiger partial charge in [-0.2, -0.15) is 0 Å². The molecule has 0 spiro atoms. The summed E-state index contributed by atoms with van der Waals surface area (Å²) in [6.07, 6.45) is 1.23. The molecule has 0 aromatic heterocycles. The van der Waals surface area contributed by atoms with E-state index in [2.05, 4.69) is 0 Å². The summed E-state index contributed by atoms with van der Waals surface area (Å²) in [4.78, 5) is 25.1. The Bertz CT molecular complexity index is 378. The maximum absolute atomic E-state index is 12.3. The monoisotopic (exact) mass is 241 g/mol. The third-order valence-corrected chi connectivity index (χ3v) is 2.55. The average molecular weight is 241 g/mol. The van der Waals surface area contributed by atoms with Gasteiger partial charge in [0.05, 0.1) is 6.08 Å². The number of nitrogens with zero attached hydrogens (tertiary/aromatic N) is 1. The lowest BCUT2D eigenvalue weighted by Crippen LogP contribution is -2.60. The lowest BCUT2D eigenvalue weighted by Gasteiger charge is -2.44. The molecule has 1 aliphatic rings. The van der Waals surface area contributed by atoms with E-state index >= 15 is 0 Å². The molecule has 0 aromatic rings. The lowest BCUT2D eigenvalue weighted by atomic mass is 9.83. The molecule has 1 aliphatic heterocycles. The molecule has 5 nitrogen and oxygen atoms in total. The Morgan fingerprint density at radius 2 is 1.82 bits per heavy atom. The number of ether oxygens (including phenoxy) is 2. The van der Waals surface area contributed by atoms with Gasteiger partial charge in [0.25, 0.3) is 0 Å². The first kappa shape index (κ1) is 13.5. The van der Waals surface area contributed by atoms with Crippen molar-refractivity contribution in [3.8, 4) is 0 Å². The zero-order valence-electron chi connectivity index (χ0n) is 11.2. The highest BCUT2D eigenvalue weighted by atomic mass is 16.7. The standard InChI is InChI=1S/C12H19NO4/c1-8-7-9(14)17-12(16-8,11(2,3)4)10(15)13(5)6/h7H,1-6H3. The molecule has 0 radical (unpaired) electrons. The summed E-state index contributed by atoms with van der Waals surface area (Å²) in [5, 5.41) is 0. The van der Waals surface area contributed by atoms with Crippen molar-refractivity contribution in [3.63, 3.8) is 0 Å². The van der Waals surface area contributed by atoms with Crippen molar-refractivity contribution < 1.29 is 19.1 Å². The van der Waals surface area contributed by atoms with Gasteiger partial charge in [-0.3, -0.25) is 4.79 Å². The summed E-state index contributed by atoms with van der Waals surface area (Å²) < 4.78 is 10.8. The molecule has 0 aliphatic carbocycles. The van der Waals surface area contributed by atoms with E-state index in [0.29, 0.717) is 5.76 Å². The molecule has 17 heavy (non-hydrogen) atoms. The van der Waals surface area contributed by atoms with Crippen LogP contribution in [0.1, 0.15) is 27.7 Å². The molecule has 0 saturated heterocycles. The van der Waals surface area contributed by atoms with Gasteiger partial charge in [-0.15, -0.1) is 0 Å². The van der Waals surface area contributed by atoms with E-state index in [0.717, 1.165) is 0 Å². The zero-order valence-corrected chi connectivity index (χ0v) is 11.2. The number of hydrogen-bond acceptors (Lipinski definition) is 4. The molecule has 0 saturated carbocycles. The fourth-order valence-electron chi connectivity index (χ4n) is 1.62. The van der Waals surface area contributed by atoms with Crippen LogP contribution >= 0.6 is 0 Å². The second-order valence-corrected chi connectivity index (χ2v) is 5.34. The molecule has 0 bridgehead atoms. The van der Waals surface area contributed by atoms with Crippen LogP contribution in [-0.2, 0) is 19.1 Å². The van der Waals surface area contributed by atoms with E-state index in [4.69, 9.17) is 9.47 Å². The van der Waals surface area contributed by atoms with Crippen molar-refractivity contribution in [2.75, 3.05) is 14.1 Å². The van der Waals surface area contributed by atoms with Crippen LogP contribution < -0.4 is 0 Å². The van der Waals surface area contributed by atoms with E-state index in [1.54, 1.807) is 41.8 Å². The third-order valence-electron chi connectivity index (χ3n) is 2.55. The largest absolute Gasteiger partial charge is 0.448 e. The fraction of sp³-hybridized carbons (Fsp3) is 0.667. The highest BCUT2D eigenvalue weighted by Crippen LogP contribution is 2.40. The van der Waals surface area contributed by atoms with Crippen LogP contribution in [0.15, 0.2) is 11.8 Å². The topological polar surface area (TPSA) is 55.8 Å². The van der Waals surface area contributed by atoms with E-state index in [9.17, 15) is 9.59 Å². The molecule has 1 heterocycles. The van der Waals surface area contributed by atoms with Gasteiger partial charge in [0, 0.05) is 19.5 Å². The molecule has 1 amide bonds. The Balaban J connectivity index is 3.28. The van der Waals surface area contributed by atoms with E-state index < -0.39 is 17.2 Å². The zero-order chi connectivity index (χ0) is 13.4. The number of esters is 1. The molecule has 0 fully saturated rings. The SMILES string of the molecule is CC1=CC(=O)OC(C(=O)N(C)C)(C(C)(C)C)O1. The Morgan fingerprint density at radius 1 is 1.29 bits per heavy atom. The minimum atomic E-state index is -1.59. The number of allylic oxidation sites excluding steroid dienone is 1. The van der Waals surface area contributed by atoms with Crippen molar-refractivity contribution in [2.45, 2.75) is 33.5 Å². The molecule has 1 unspecified atom stereocenters. The molecule has 96 valence electrons. The summed E-state index contributed by atoms with van der Waals surface area (Å²) in [7, 11) is 3.20. The number of likely N-dealkylation sites (N-methyl/N-ethyl adjacent to an activating group) is 1. The predicted octanol–water partition coefficient (Wildman–Crippen LogP) is 1.29. The first-order chi connectivity index (χ1) is 7.60. The van der Waals surface area contributed by atoms with E-state index in [1.807, 2.05) is 0 Å². The van der Waals surface area contributed by atoms with Crippen LogP contribution in [0.2, 0.25) is 0 Å². The van der Waals surface area contributed by atoms with Crippen LogP contribution in [0.4, 0.5) is 0 Å². The van der Waals surface area contributed by atoms with Gasteiger partial charge in [-0.1, -0.05) is 20.8 Å². The molecule has 1 rings (SSSR count). The summed E-state index contributed by atoms with van der Waals surface area (Å²) in [6.45, 7) is 7.00. The van der Waals surface area contributed by atoms with Crippen molar-refractivity contribution >= 4 is 11.9 Å². The van der Waals surface area contributed by atoms with E-state index in [-0.39, 0.29) is 5.91 Å². The van der Waals surface area contributed by atoms with Gasteiger partial charge < -0.3 is 14.4 Å². The number of hydrogen-bond donors (Lipinski definition) is 0. The Labute approximate surface area is 101 Å². The average Bonchev–Trinajstić information content (AvgIpc) is 2.12. The normalized spacial score (nSPS) is 24.6. The smallest absolute Gasteiger partial charge is 0.339 e.